The van der Waals surface area contributed by atoms with Crippen LogP contribution in [0.1, 0.15) is 153 Å². The van der Waals surface area contributed by atoms with Crippen molar-refractivity contribution in [3.8, 4) is 0 Å². The first-order chi connectivity index (χ1) is 24.2. The summed E-state index contributed by atoms with van der Waals surface area (Å²) in [5, 5.41) is 9.45. The number of fused-ring (bicyclic) bond motifs is 5. The lowest BCUT2D eigenvalue weighted by molar-refractivity contribution is 0.0215. The topological polar surface area (TPSA) is 118 Å². The molecule has 3 N–H and O–H groups in total. The molecule has 0 aliphatic heterocycles. The Balaban J connectivity index is 1.27. The third-order valence-corrected chi connectivity index (χ3v) is 11.8. The number of rotatable bonds is 14. The van der Waals surface area contributed by atoms with Gasteiger partial charge in [-0.15, -0.1) is 0 Å². The summed E-state index contributed by atoms with van der Waals surface area (Å²) in [6.07, 6.45) is 15.7. The van der Waals surface area contributed by atoms with Crippen LogP contribution in [0.3, 0.4) is 0 Å². The molecule has 6 atom stereocenters. The molecule has 0 aromatic heterocycles. The van der Waals surface area contributed by atoms with E-state index in [1.165, 1.54) is 38.5 Å². The summed E-state index contributed by atoms with van der Waals surface area (Å²) in [7, 11) is 0. The van der Waals surface area contributed by atoms with Crippen LogP contribution in [-0.2, 0) is 14.2 Å². The van der Waals surface area contributed by atoms with Gasteiger partial charge in [-0.2, -0.15) is 0 Å². The highest BCUT2D eigenvalue weighted by molar-refractivity contribution is 5.69. The second-order valence-electron chi connectivity index (χ2n) is 19.6. The maximum Gasteiger partial charge on any atom is 0.410 e. The average molecular weight is 731 g/mol. The molecule has 3 saturated carbocycles. The van der Waals surface area contributed by atoms with Crippen molar-refractivity contribution >= 4 is 18.3 Å². The number of allylic oxidation sites excluding steroid dienone is 1. The number of nitrogens with one attached hydrogen (secondary N) is 3. The van der Waals surface area contributed by atoms with E-state index in [1.54, 1.807) is 5.57 Å². The van der Waals surface area contributed by atoms with Crippen molar-refractivity contribution < 1.29 is 28.6 Å². The lowest BCUT2D eigenvalue weighted by atomic mass is 9.57. The van der Waals surface area contributed by atoms with E-state index in [4.69, 9.17) is 14.2 Å². The minimum atomic E-state index is -0.585. The third-order valence-electron chi connectivity index (χ3n) is 11.8. The molecule has 4 aliphatic carbocycles. The summed E-state index contributed by atoms with van der Waals surface area (Å²) < 4.78 is 17.2. The molecule has 0 spiro atoms. The summed E-state index contributed by atoms with van der Waals surface area (Å²) in [4.78, 5) is 40.5. The van der Waals surface area contributed by atoms with Crippen molar-refractivity contribution in [3.05, 3.63) is 11.6 Å². The number of carbonyl (C=O) groups excluding carboxylic acids is 3. The fraction of sp³-hybridized carbons (Fsp3) is 0.881. The molecule has 6 unspecified atom stereocenters. The number of ether oxygens (including phenoxy) is 3. The number of unbranched alkanes of at least 4 members (excludes halogenated alkanes) is 1. The molecular weight excluding hydrogens is 656 g/mol. The lowest BCUT2D eigenvalue weighted by Crippen LogP contribution is -2.48. The van der Waals surface area contributed by atoms with Crippen molar-refractivity contribution in [2.75, 3.05) is 26.2 Å². The van der Waals surface area contributed by atoms with E-state index in [2.05, 4.69) is 22.0 Å². The molecule has 0 bridgehead atoms. The molecule has 10 heteroatoms. The quantitative estimate of drug-likeness (QED) is 0.0927. The van der Waals surface area contributed by atoms with E-state index in [0.717, 1.165) is 75.3 Å². The fourth-order valence-corrected chi connectivity index (χ4v) is 9.24. The maximum absolute atomic E-state index is 13.8. The van der Waals surface area contributed by atoms with Gasteiger partial charge in [-0.3, -0.25) is 0 Å². The highest BCUT2D eigenvalue weighted by Crippen LogP contribution is 2.56. The highest BCUT2D eigenvalue weighted by atomic mass is 16.6. The SMILES string of the molecule is CC(C)(CCNCCCCN(CCC(C)(C)NC(=O)OC(C)(C)C)C(=O)OC1CCC2C(=CCC3C4CCCC4CCC23)C1)NC(=O)OC(C)(C)C. The number of hydrogen-bond acceptors (Lipinski definition) is 7. The van der Waals surface area contributed by atoms with Gasteiger partial charge in [-0.05, 0) is 176 Å². The van der Waals surface area contributed by atoms with Gasteiger partial charge in [-0.25, -0.2) is 14.4 Å². The molecule has 298 valence electrons. The Morgan fingerprint density at radius 1 is 0.712 bits per heavy atom. The van der Waals surface area contributed by atoms with Crippen molar-refractivity contribution in [3.63, 3.8) is 0 Å². The van der Waals surface area contributed by atoms with Gasteiger partial charge in [0, 0.05) is 30.6 Å². The average Bonchev–Trinajstić information content (AvgIpc) is 3.48. The zero-order chi connectivity index (χ0) is 38.3. The second kappa shape index (κ2) is 17.8. The Kier molecular flexibility index (Phi) is 14.4. The van der Waals surface area contributed by atoms with E-state index in [0.29, 0.717) is 25.4 Å². The van der Waals surface area contributed by atoms with Crippen LogP contribution in [0.5, 0.6) is 0 Å². The lowest BCUT2D eigenvalue weighted by Gasteiger charge is -2.49. The molecule has 4 aliphatic rings. The molecule has 0 radical (unpaired) electrons. The van der Waals surface area contributed by atoms with Crippen LogP contribution in [0.25, 0.3) is 0 Å². The van der Waals surface area contributed by atoms with Gasteiger partial charge in [0.2, 0.25) is 0 Å². The van der Waals surface area contributed by atoms with E-state index in [9.17, 15) is 14.4 Å². The van der Waals surface area contributed by atoms with Crippen LogP contribution in [0, 0.1) is 29.6 Å². The maximum atomic E-state index is 13.8. The van der Waals surface area contributed by atoms with Crippen LogP contribution in [0.2, 0.25) is 0 Å². The Hall–Kier alpha value is -2.49. The van der Waals surface area contributed by atoms with E-state index in [1.807, 2.05) is 74.1 Å². The van der Waals surface area contributed by atoms with Gasteiger partial charge >= 0.3 is 18.3 Å². The zero-order valence-electron chi connectivity index (χ0n) is 34.5. The summed E-state index contributed by atoms with van der Waals surface area (Å²) in [6.45, 7) is 21.7. The van der Waals surface area contributed by atoms with Crippen molar-refractivity contribution in [1.82, 2.24) is 20.9 Å². The normalized spacial score (nSPS) is 26.2. The molecule has 3 fully saturated rings. The molecule has 10 nitrogen and oxygen atoms in total. The first-order valence-electron chi connectivity index (χ1n) is 20.6. The highest BCUT2D eigenvalue weighted by Gasteiger charge is 2.47. The Labute approximate surface area is 315 Å². The van der Waals surface area contributed by atoms with E-state index >= 15 is 0 Å². The standard InChI is InChI=1S/C42H74N4O6/c1-39(2,3)51-36(47)44-41(7,8)22-25-43-24-11-12-26-46(27-23-42(9,10)45-37(48)52-40(4,5)6)38(49)50-31-18-21-33-30(28-31)17-20-34-32-15-13-14-29(32)16-19-35(33)34/h17,29,31-35,43H,11-16,18-28H2,1-10H3,(H,44,47)(H,45,48). The monoisotopic (exact) mass is 731 g/mol. The van der Waals surface area contributed by atoms with Crippen LogP contribution in [-0.4, -0.2) is 77.7 Å². The summed E-state index contributed by atoms with van der Waals surface area (Å²) in [5.41, 5.74) is -0.542. The van der Waals surface area contributed by atoms with Crippen LogP contribution >= 0.6 is 0 Å². The number of carbonyl (C=O) groups is 3. The summed E-state index contributed by atoms with van der Waals surface area (Å²) in [5.74, 6) is 4.29. The number of amides is 3. The number of alkyl carbamates (subject to hydrolysis) is 2. The largest absolute Gasteiger partial charge is 0.446 e. The van der Waals surface area contributed by atoms with Gasteiger partial charge < -0.3 is 35.1 Å². The van der Waals surface area contributed by atoms with Gasteiger partial charge in [0.15, 0.2) is 0 Å². The van der Waals surface area contributed by atoms with E-state index in [-0.39, 0.29) is 12.2 Å². The van der Waals surface area contributed by atoms with Crippen molar-refractivity contribution in [2.45, 2.75) is 181 Å². The first-order valence-corrected chi connectivity index (χ1v) is 20.6. The third kappa shape index (κ3) is 13.4. The molecule has 0 saturated heterocycles. The van der Waals surface area contributed by atoms with E-state index < -0.39 is 34.5 Å². The summed E-state index contributed by atoms with van der Waals surface area (Å²) in [6, 6.07) is 0. The molecule has 3 amide bonds. The molecule has 52 heavy (non-hydrogen) atoms. The predicted molar refractivity (Wildman–Crippen MR) is 207 cm³/mol. The molecule has 0 heterocycles. The van der Waals surface area contributed by atoms with Gasteiger partial charge in [0.1, 0.15) is 17.3 Å². The zero-order valence-corrected chi connectivity index (χ0v) is 34.5. The second-order valence-corrected chi connectivity index (χ2v) is 19.6. The van der Waals surface area contributed by atoms with Crippen LogP contribution < -0.4 is 16.0 Å². The van der Waals surface area contributed by atoms with Gasteiger partial charge in [0.05, 0.1) is 0 Å². The van der Waals surface area contributed by atoms with Gasteiger partial charge in [0.25, 0.3) is 0 Å². The summed E-state index contributed by atoms with van der Waals surface area (Å²) >= 11 is 0. The molecule has 0 aromatic carbocycles. The molecule has 0 aromatic rings. The number of nitrogens with zero attached hydrogens (tertiary/aromatic N) is 1. The Bertz CT molecular complexity index is 1230. The predicted octanol–water partition coefficient (Wildman–Crippen LogP) is 9.12. The van der Waals surface area contributed by atoms with Crippen molar-refractivity contribution in [1.29, 1.82) is 0 Å². The Morgan fingerprint density at radius 2 is 1.37 bits per heavy atom. The van der Waals surface area contributed by atoms with Gasteiger partial charge in [-0.1, -0.05) is 24.5 Å². The first kappa shape index (κ1) is 42.3. The fourth-order valence-electron chi connectivity index (χ4n) is 9.24. The van der Waals surface area contributed by atoms with Crippen molar-refractivity contribution in [2.24, 2.45) is 29.6 Å². The van der Waals surface area contributed by atoms with Crippen LogP contribution in [0.4, 0.5) is 14.4 Å². The smallest absolute Gasteiger partial charge is 0.410 e. The van der Waals surface area contributed by atoms with Crippen LogP contribution in [0.15, 0.2) is 11.6 Å². The Morgan fingerprint density at radius 3 is 2.02 bits per heavy atom. The number of hydrogen-bond donors (Lipinski definition) is 3. The minimum absolute atomic E-state index is 0.0796. The molecular formula is C42H74N4O6. The molecule has 4 rings (SSSR count). The minimum Gasteiger partial charge on any atom is -0.446 e.